The molecule has 1 aromatic heterocycles. The smallest absolute Gasteiger partial charge is 0.222 e. The summed E-state index contributed by atoms with van der Waals surface area (Å²) in [5.74, 6) is 0.776. The lowest BCUT2D eigenvalue weighted by molar-refractivity contribution is -0.122. The number of nitrogens with zero attached hydrogens (tertiary/aromatic N) is 4. The molecule has 0 aliphatic carbocycles. The third-order valence-electron chi connectivity index (χ3n) is 5.85. The van der Waals surface area contributed by atoms with E-state index >= 15 is 0 Å². The lowest BCUT2D eigenvalue weighted by atomic mass is 10.0. The van der Waals surface area contributed by atoms with Crippen LogP contribution < -0.4 is 10.2 Å². The highest BCUT2D eigenvalue weighted by atomic mass is 32.1. The van der Waals surface area contributed by atoms with Gasteiger partial charge in [-0.2, -0.15) is 10.4 Å². The molecule has 2 aromatic carbocycles. The molecule has 1 fully saturated rings. The number of nitriles is 1. The third-order valence-corrected chi connectivity index (χ3v) is 6.16. The van der Waals surface area contributed by atoms with Crippen molar-refractivity contribution in [2.75, 3.05) is 18.0 Å². The third kappa shape index (κ3) is 5.06. The Morgan fingerprint density at radius 2 is 1.88 bits per heavy atom. The van der Waals surface area contributed by atoms with Crippen LogP contribution in [-0.2, 0) is 11.3 Å². The Kier molecular flexibility index (Phi) is 6.66. The SMILES string of the molecule is Cc1ccc(-c2n[nH]c(=S)n2CCC(=O)NC2CCN(c3ccc(C#N)cc3)CC2)cc1. The number of hydrogen-bond acceptors (Lipinski definition) is 5. The van der Waals surface area contributed by atoms with Crippen molar-refractivity contribution in [3.8, 4) is 17.5 Å². The van der Waals surface area contributed by atoms with E-state index in [4.69, 9.17) is 17.5 Å². The first kappa shape index (κ1) is 21.8. The predicted octanol–water partition coefficient (Wildman–Crippen LogP) is 3.96. The zero-order valence-corrected chi connectivity index (χ0v) is 18.9. The van der Waals surface area contributed by atoms with Crippen LogP contribution in [0.3, 0.4) is 0 Å². The fourth-order valence-corrected chi connectivity index (χ4v) is 4.21. The largest absolute Gasteiger partial charge is 0.371 e. The van der Waals surface area contributed by atoms with Crippen LogP contribution >= 0.6 is 12.2 Å². The lowest BCUT2D eigenvalue weighted by Crippen LogP contribution is -2.44. The molecule has 2 heterocycles. The number of amides is 1. The van der Waals surface area contributed by atoms with Crippen LogP contribution in [0, 0.1) is 23.0 Å². The summed E-state index contributed by atoms with van der Waals surface area (Å²) in [7, 11) is 0. The van der Waals surface area contributed by atoms with Gasteiger partial charge in [-0.25, -0.2) is 0 Å². The van der Waals surface area contributed by atoms with Gasteiger partial charge in [0.05, 0.1) is 11.6 Å². The van der Waals surface area contributed by atoms with Crippen LogP contribution in [0.4, 0.5) is 5.69 Å². The Bertz CT molecular complexity index is 1160. The average molecular weight is 447 g/mol. The van der Waals surface area contributed by atoms with Gasteiger partial charge in [-0.1, -0.05) is 29.8 Å². The topological polar surface area (TPSA) is 89.7 Å². The van der Waals surface area contributed by atoms with Crippen LogP contribution in [0.2, 0.25) is 0 Å². The van der Waals surface area contributed by atoms with E-state index in [0.717, 1.165) is 43.0 Å². The van der Waals surface area contributed by atoms with E-state index in [1.54, 1.807) is 0 Å². The van der Waals surface area contributed by atoms with Gasteiger partial charge in [0.15, 0.2) is 10.6 Å². The molecule has 8 heteroatoms. The normalized spacial score (nSPS) is 14.2. The molecule has 0 spiro atoms. The number of anilines is 1. The zero-order chi connectivity index (χ0) is 22.5. The van der Waals surface area contributed by atoms with Crippen molar-refractivity contribution in [3.05, 3.63) is 64.4 Å². The van der Waals surface area contributed by atoms with Crippen LogP contribution in [0.25, 0.3) is 11.4 Å². The van der Waals surface area contributed by atoms with Gasteiger partial charge in [-0.15, -0.1) is 0 Å². The van der Waals surface area contributed by atoms with Crippen molar-refractivity contribution in [3.63, 3.8) is 0 Å². The first-order chi connectivity index (χ1) is 15.5. The fourth-order valence-electron chi connectivity index (χ4n) is 3.99. The minimum Gasteiger partial charge on any atom is -0.371 e. The number of hydrogen-bond donors (Lipinski definition) is 2. The number of aromatic amines is 1. The molecule has 3 aromatic rings. The number of nitrogens with one attached hydrogen (secondary N) is 2. The van der Waals surface area contributed by atoms with E-state index in [2.05, 4.69) is 26.5 Å². The highest BCUT2D eigenvalue weighted by Gasteiger charge is 2.21. The number of H-pyrrole nitrogens is 1. The molecule has 0 saturated carbocycles. The summed E-state index contributed by atoms with van der Waals surface area (Å²) in [6, 6.07) is 18.1. The molecule has 0 unspecified atom stereocenters. The van der Waals surface area contributed by atoms with E-state index in [1.807, 2.05) is 60.0 Å². The van der Waals surface area contributed by atoms with Crippen LogP contribution in [0.1, 0.15) is 30.4 Å². The molecule has 1 amide bonds. The molecule has 4 rings (SSSR count). The standard InChI is InChI=1S/C24H26N6OS/c1-17-2-6-19(7-3-17)23-27-28-24(32)30(23)15-12-22(31)26-20-10-13-29(14-11-20)21-8-4-18(16-25)5-9-21/h2-9,20H,10-15H2,1H3,(H,26,31)(H,28,32). The minimum absolute atomic E-state index is 0.0276. The summed E-state index contributed by atoms with van der Waals surface area (Å²) in [6.07, 6.45) is 2.14. The molecule has 7 nitrogen and oxygen atoms in total. The summed E-state index contributed by atoms with van der Waals surface area (Å²) >= 11 is 5.38. The second-order valence-corrected chi connectivity index (χ2v) is 8.49. The summed E-state index contributed by atoms with van der Waals surface area (Å²) < 4.78 is 2.40. The Morgan fingerprint density at radius 1 is 1.19 bits per heavy atom. The summed E-state index contributed by atoms with van der Waals surface area (Å²) in [5.41, 5.74) is 3.93. The maximum atomic E-state index is 12.6. The molecule has 0 bridgehead atoms. The Labute approximate surface area is 192 Å². The average Bonchev–Trinajstić information content (AvgIpc) is 3.19. The molecular weight excluding hydrogens is 420 g/mol. The van der Waals surface area contributed by atoms with E-state index in [1.165, 1.54) is 5.56 Å². The first-order valence-electron chi connectivity index (χ1n) is 10.8. The fraction of sp³-hybridized carbons (Fsp3) is 0.333. The number of carbonyl (C=O) groups is 1. The number of aryl methyl sites for hydroxylation is 1. The van der Waals surface area contributed by atoms with Crippen LogP contribution in [0.5, 0.6) is 0 Å². The number of rotatable bonds is 6. The van der Waals surface area contributed by atoms with E-state index in [0.29, 0.717) is 23.3 Å². The van der Waals surface area contributed by atoms with E-state index in [9.17, 15) is 4.79 Å². The molecular formula is C24H26N6OS. The summed E-state index contributed by atoms with van der Waals surface area (Å²) in [5, 5.41) is 19.3. The number of aromatic nitrogens is 3. The molecule has 2 N–H and O–H groups in total. The van der Waals surface area contributed by atoms with Gasteiger partial charge in [-0.05, 0) is 56.2 Å². The number of benzene rings is 2. The second-order valence-electron chi connectivity index (χ2n) is 8.11. The molecule has 1 aliphatic rings. The van der Waals surface area contributed by atoms with Crippen molar-refractivity contribution in [1.29, 1.82) is 5.26 Å². The lowest BCUT2D eigenvalue weighted by Gasteiger charge is -2.34. The van der Waals surface area contributed by atoms with Crippen molar-refractivity contribution < 1.29 is 4.79 Å². The zero-order valence-electron chi connectivity index (χ0n) is 18.0. The van der Waals surface area contributed by atoms with Gasteiger partial charge in [0, 0.05) is 43.3 Å². The van der Waals surface area contributed by atoms with Gasteiger partial charge >= 0.3 is 0 Å². The molecule has 1 aliphatic heterocycles. The monoisotopic (exact) mass is 446 g/mol. The molecule has 0 radical (unpaired) electrons. The van der Waals surface area contributed by atoms with Crippen molar-refractivity contribution in [2.24, 2.45) is 0 Å². The van der Waals surface area contributed by atoms with Crippen molar-refractivity contribution in [1.82, 2.24) is 20.1 Å². The second kappa shape index (κ2) is 9.79. The van der Waals surface area contributed by atoms with E-state index in [-0.39, 0.29) is 11.9 Å². The molecule has 1 saturated heterocycles. The Balaban J connectivity index is 1.29. The van der Waals surface area contributed by atoms with Crippen molar-refractivity contribution in [2.45, 2.75) is 38.8 Å². The highest BCUT2D eigenvalue weighted by Crippen LogP contribution is 2.21. The van der Waals surface area contributed by atoms with Gasteiger partial charge in [0.2, 0.25) is 5.91 Å². The van der Waals surface area contributed by atoms with Gasteiger partial charge in [-0.3, -0.25) is 14.5 Å². The van der Waals surface area contributed by atoms with Crippen molar-refractivity contribution >= 4 is 23.8 Å². The van der Waals surface area contributed by atoms with Gasteiger partial charge < -0.3 is 10.2 Å². The number of piperidine rings is 1. The molecule has 32 heavy (non-hydrogen) atoms. The maximum absolute atomic E-state index is 12.6. The van der Waals surface area contributed by atoms with Gasteiger partial charge in [0.25, 0.3) is 0 Å². The quantitative estimate of drug-likeness (QED) is 0.560. The number of carbonyl (C=O) groups excluding carboxylic acids is 1. The molecule has 164 valence electrons. The predicted molar refractivity (Wildman–Crippen MR) is 127 cm³/mol. The minimum atomic E-state index is 0.0276. The maximum Gasteiger partial charge on any atom is 0.222 e. The van der Waals surface area contributed by atoms with Crippen LogP contribution in [0.15, 0.2) is 48.5 Å². The van der Waals surface area contributed by atoms with E-state index < -0.39 is 0 Å². The highest BCUT2D eigenvalue weighted by molar-refractivity contribution is 7.71. The Morgan fingerprint density at radius 3 is 2.53 bits per heavy atom. The summed E-state index contributed by atoms with van der Waals surface area (Å²) in [4.78, 5) is 14.9. The first-order valence-corrected chi connectivity index (χ1v) is 11.2. The van der Waals surface area contributed by atoms with Gasteiger partial charge in [0.1, 0.15) is 0 Å². The molecule has 0 atom stereocenters. The summed E-state index contributed by atoms with van der Waals surface area (Å²) in [6.45, 7) is 4.27. The van der Waals surface area contributed by atoms with Crippen LogP contribution in [-0.4, -0.2) is 39.8 Å². The Hall–Kier alpha value is -3.44.